The number of hydrogen-bond donors (Lipinski definition) is 1. The van der Waals surface area contributed by atoms with Crippen LogP contribution >= 0.6 is 0 Å². The van der Waals surface area contributed by atoms with Crippen molar-refractivity contribution >= 4 is 11.6 Å². The van der Waals surface area contributed by atoms with Crippen LogP contribution in [0.5, 0.6) is 11.5 Å². The topological polar surface area (TPSA) is 62.2 Å². The molecule has 0 aliphatic carbocycles. The number of aliphatic hydroxyl groups excluding tert-OH is 1. The van der Waals surface area contributed by atoms with Crippen molar-refractivity contribution in [2.24, 2.45) is 0 Å². The maximum absolute atomic E-state index is 11.9. The predicted molar refractivity (Wildman–Crippen MR) is 106 cm³/mol. The van der Waals surface area contributed by atoms with Crippen LogP contribution in [0, 0.1) is 0 Å². The highest BCUT2D eigenvalue weighted by atomic mass is 16.7. The Morgan fingerprint density at radius 3 is 2.50 bits per heavy atom. The molecule has 2 heterocycles. The summed E-state index contributed by atoms with van der Waals surface area (Å²) in [7, 11) is 0. The van der Waals surface area contributed by atoms with E-state index in [1.54, 1.807) is 6.92 Å². The van der Waals surface area contributed by atoms with E-state index >= 15 is 0 Å². The standard InChI is InChI=1S/C22H26N2O4/c1-16(25)12-23(14-18-6-9-20-21(11-18)28-15-27-20)13-17-4-7-19(8-5-17)24-10-2-3-22(24)26/h4-9,11,16,25H,2-3,10,12-15H2,1H3. The van der Waals surface area contributed by atoms with Gasteiger partial charge in [-0.05, 0) is 48.7 Å². The number of nitrogens with zero attached hydrogens (tertiary/aromatic N) is 2. The van der Waals surface area contributed by atoms with Gasteiger partial charge in [-0.3, -0.25) is 9.69 Å². The highest BCUT2D eigenvalue weighted by molar-refractivity contribution is 5.95. The number of anilines is 1. The quantitative estimate of drug-likeness (QED) is 0.798. The summed E-state index contributed by atoms with van der Waals surface area (Å²) < 4.78 is 10.8. The molecule has 4 rings (SSSR count). The number of benzene rings is 2. The van der Waals surface area contributed by atoms with Crippen molar-refractivity contribution in [3.05, 3.63) is 53.6 Å². The van der Waals surface area contributed by atoms with Gasteiger partial charge in [-0.1, -0.05) is 18.2 Å². The van der Waals surface area contributed by atoms with E-state index in [9.17, 15) is 9.90 Å². The summed E-state index contributed by atoms with van der Waals surface area (Å²) in [5.74, 6) is 1.75. The second-order valence-electron chi connectivity index (χ2n) is 7.52. The van der Waals surface area contributed by atoms with Crippen molar-refractivity contribution < 1.29 is 19.4 Å². The molecule has 1 unspecified atom stereocenters. The average Bonchev–Trinajstić information content (AvgIpc) is 3.30. The number of hydrogen-bond acceptors (Lipinski definition) is 5. The van der Waals surface area contributed by atoms with Gasteiger partial charge in [0.15, 0.2) is 11.5 Å². The lowest BCUT2D eigenvalue weighted by Crippen LogP contribution is -2.30. The van der Waals surface area contributed by atoms with Crippen LogP contribution in [0.2, 0.25) is 0 Å². The third-order valence-electron chi connectivity index (χ3n) is 5.09. The van der Waals surface area contributed by atoms with Gasteiger partial charge >= 0.3 is 0 Å². The Morgan fingerprint density at radius 1 is 1.07 bits per heavy atom. The fourth-order valence-corrected chi connectivity index (χ4v) is 3.82. The Bertz CT molecular complexity index is 835. The second-order valence-corrected chi connectivity index (χ2v) is 7.52. The molecule has 1 amide bonds. The first-order chi connectivity index (χ1) is 13.6. The Morgan fingerprint density at radius 2 is 1.79 bits per heavy atom. The first-order valence-corrected chi connectivity index (χ1v) is 9.77. The lowest BCUT2D eigenvalue weighted by Gasteiger charge is -2.24. The van der Waals surface area contributed by atoms with Crippen LogP contribution in [-0.2, 0) is 17.9 Å². The lowest BCUT2D eigenvalue weighted by molar-refractivity contribution is -0.117. The van der Waals surface area contributed by atoms with E-state index in [1.165, 1.54) is 0 Å². The number of carbonyl (C=O) groups is 1. The molecule has 1 N–H and O–H groups in total. The smallest absolute Gasteiger partial charge is 0.231 e. The van der Waals surface area contributed by atoms with Gasteiger partial charge in [0.05, 0.1) is 6.10 Å². The first-order valence-electron chi connectivity index (χ1n) is 9.77. The molecular formula is C22H26N2O4. The molecule has 0 saturated carbocycles. The largest absolute Gasteiger partial charge is 0.454 e. The van der Waals surface area contributed by atoms with Crippen molar-refractivity contribution in [2.75, 3.05) is 24.8 Å². The zero-order valence-electron chi connectivity index (χ0n) is 16.1. The van der Waals surface area contributed by atoms with Gasteiger partial charge in [0.1, 0.15) is 0 Å². The molecule has 1 fully saturated rings. The van der Waals surface area contributed by atoms with Crippen molar-refractivity contribution in [1.82, 2.24) is 4.90 Å². The second kappa shape index (κ2) is 8.20. The molecule has 148 valence electrons. The molecule has 1 atom stereocenters. The monoisotopic (exact) mass is 382 g/mol. The van der Waals surface area contributed by atoms with E-state index < -0.39 is 6.10 Å². The molecule has 2 aliphatic heterocycles. The number of ether oxygens (including phenoxy) is 2. The fraction of sp³-hybridized carbons (Fsp3) is 0.409. The van der Waals surface area contributed by atoms with Crippen LogP contribution in [-0.4, -0.2) is 41.9 Å². The van der Waals surface area contributed by atoms with E-state index in [0.717, 1.165) is 41.3 Å². The highest BCUT2D eigenvalue weighted by Gasteiger charge is 2.21. The van der Waals surface area contributed by atoms with Crippen LogP contribution in [0.3, 0.4) is 0 Å². The van der Waals surface area contributed by atoms with Crippen molar-refractivity contribution in [3.63, 3.8) is 0 Å². The number of aliphatic hydroxyl groups is 1. The minimum absolute atomic E-state index is 0.200. The molecular weight excluding hydrogens is 356 g/mol. The Balaban J connectivity index is 1.45. The highest BCUT2D eigenvalue weighted by Crippen LogP contribution is 2.33. The van der Waals surface area contributed by atoms with Gasteiger partial charge in [0.2, 0.25) is 12.7 Å². The number of fused-ring (bicyclic) bond motifs is 1. The lowest BCUT2D eigenvalue weighted by atomic mass is 10.1. The van der Waals surface area contributed by atoms with Crippen LogP contribution < -0.4 is 14.4 Å². The first kappa shape index (κ1) is 18.8. The minimum atomic E-state index is -0.421. The number of amides is 1. The molecule has 0 spiro atoms. The zero-order chi connectivity index (χ0) is 19.5. The summed E-state index contributed by atoms with van der Waals surface area (Å²) in [6.45, 7) is 4.86. The number of rotatable bonds is 7. The van der Waals surface area contributed by atoms with Crippen LogP contribution in [0.1, 0.15) is 30.9 Å². The summed E-state index contributed by atoms with van der Waals surface area (Å²) in [6.07, 6.45) is 1.15. The summed E-state index contributed by atoms with van der Waals surface area (Å²) in [5, 5.41) is 9.92. The van der Waals surface area contributed by atoms with E-state index in [0.29, 0.717) is 26.1 Å². The van der Waals surface area contributed by atoms with Gasteiger partial charge in [0, 0.05) is 38.3 Å². The van der Waals surface area contributed by atoms with Gasteiger partial charge in [0.25, 0.3) is 0 Å². The molecule has 2 aromatic rings. The maximum atomic E-state index is 11.9. The van der Waals surface area contributed by atoms with Crippen molar-refractivity contribution in [2.45, 2.75) is 39.0 Å². The molecule has 6 heteroatoms. The van der Waals surface area contributed by atoms with Gasteiger partial charge < -0.3 is 19.5 Å². The molecule has 0 bridgehead atoms. The van der Waals surface area contributed by atoms with Gasteiger partial charge in [-0.15, -0.1) is 0 Å². The van der Waals surface area contributed by atoms with E-state index in [4.69, 9.17) is 9.47 Å². The van der Waals surface area contributed by atoms with Gasteiger partial charge in [-0.25, -0.2) is 0 Å². The normalized spacial score (nSPS) is 16.8. The number of carbonyl (C=O) groups excluding carboxylic acids is 1. The van der Waals surface area contributed by atoms with E-state index in [1.807, 2.05) is 35.2 Å². The predicted octanol–water partition coefficient (Wildman–Crippen LogP) is 2.93. The molecule has 28 heavy (non-hydrogen) atoms. The summed E-state index contributed by atoms with van der Waals surface area (Å²) in [6, 6.07) is 14.1. The average molecular weight is 382 g/mol. The molecule has 0 aromatic heterocycles. The van der Waals surface area contributed by atoms with Crippen molar-refractivity contribution in [3.8, 4) is 11.5 Å². The van der Waals surface area contributed by atoms with Crippen molar-refractivity contribution in [1.29, 1.82) is 0 Å². The van der Waals surface area contributed by atoms with E-state index in [2.05, 4.69) is 17.0 Å². The molecule has 2 aromatic carbocycles. The third kappa shape index (κ3) is 4.29. The Hall–Kier alpha value is -2.57. The minimum Gasteiger partial charge on any atom is -0.454 e. The third-order valence-corrected chi connectivity index (χ3v) is 5.09. The summed E-state index contributed by atoms with van der Waals surface area (Å²) in [5.41, 5.74) is 3.23. The molecule has 1 saturated heterocycles. The fourth-order valence-electron chi connectivity index (χ4n) is 3.82. The summed E-state index contributed by atoms with van der Waals surface area (Å²) >= 11 is 0. The van der Waals surface area contributed by atoms with E-state index in [-0.39, 0.29) is 12.7 Å². The molecule has 2 aliphatic rings. The zero-order valence-corrected chi connectivity index (χ0v) is 16.1. The Labute approximate surface area is 165 Å². The van der Waals surface area contributed by atoms with Crippen LogP contribution in [0.15, 0.2) is 42.5 Å². The molecule has 0 radical (unpaired) electrons. The molecule has 6 nitrogen and oxygen atoms in total. The maximum Gasteiger partial charge on any atom is 0.231 e. The Kier molecular flexibility index (Phi) is 5.50. The summed E-state index contributed by atoms with van der Waals surface area (Å²) in [4.78, 5) is 16.0. The van der Waals surface area contributed by atoms with Crippen LogP contribution in [0.4, 0.5) is 5.69 Å². The van der Waals surface area contributed by atoms with Crippen LogP contribution in [0.25, 0.3) is 0 Å². The SMILES string of the molecule is CC(O)CN(Cc1ccc(N2CCCC2=O)cc1)Cc1ccc2c(c1)OCO2. The van der Waals surface area contributed by atoms with Gasteiger partial charge in [-0.2, -0.15) is 0 Å².